The van der Waals surface area contributed by atoms with E-state index in [1.165, 1.54) is 0 Å². The summed E-state index contributed by atoms with van der Waals surface area (Å²) in [6.07, 6.45) is 2.87. The van der Waals surface area contributed by atoms with E-state index in [0.717, 1.165) is 31.2 Å². The van der Waals surface area contributed by atoms with Gasteiger partial charge in [0.15, 0.2) is 0 Å². The molecule has 0 aliphatic heterocycles. The summed E-state index contributed by atoms with van der Waals surface area (Å²) in [5.41, 5.74) is 0.151. The number of benzene rings is 1. The lowest BCUT2D eigenvalue weighted by Gasteiger charge is -2.39. The smallest absolute Gasteiger partial charge is 0.0976 e. The summed E-state index contributed by atoms with van der Waals surface area (Å²) in [5.74, 6) is 1.33. The van der Waals surface area contributed by atoms with Crippen molar-refractivity contribution in [2.24, 2.45) is 17.3 Å². The number of hydrogen-bond acceptors (Lipinski definition) is 2. The maximum atomic E-state index is 10.6. The van der Waals surface area contributed by atoms with E-state index in [2.05, 4.69) is 19.9 Å². The average Bonchev–Trinajstić information content (AvgIpc) is 2.47. The second-order valence-corrected chi connectivity index (χ2v) is 6.74. The molecule has 1 N–H and O–H groups in total. The van der Waals surface area contributed by atoms with Gasteiger partial charge >= 0.3 is 0 Å². The largest absolute Gasteiger partial charge is 0.387 e. The summed E-state index contributed by atoms with van der Waals surface area (Å²) in [6, 6.07) is 9.58. The molecule has 1 unspecified atom stereocenters. The van der Waals surface area contributed by atoms with Gasteiger partial charge in [0.05, 0.1) is 17.6 Å². The highest BCUT2D eigenvalue weighted by molar-refractivity contribution is 6.30. The van der Waals surface area contributed by atoms with Gasteiger partial charge in [-0.3, -0.25) is 0 Å². The van der Waals surface area contributed by atoms with Crippen molar-refractivity contribution in [3.63, 3.8) is 0 Å². The van der Waals surface area contributed by atoms with Gasteiger partial charge in [0, 0.05) is 5.02 Å². The van der Waals surface area contributed by atoms with Crippen LogP contribution in [0.5, 0.6) is 0 Å². The van der Waals surface area contributed by atoms with Gasteiger partial charge in [-0.15, -0.1) is 0 Å². The second kappa shape index (κ2) is 6.16. The first kappa shape index (κ1) is 15.4. The Kier molecular flexibility index (Phi) is 4.73. The number of halogens is 1. The van der Waals surface area contributed by atoms with Crippen molar-refractivity contribution in [1.82, 2.24) is 0 Å². The number of nitrogens with zero attached hydrogens (tertiary/aromatic N) is 1. The molecular weight excluding hydrogens is 270 g/mol. The molecule has 0 heterocycles. The lowest BCUT2D eigenvalue weighted by Crippen LogP contribution is -2.33. The molecule has 2 rings (SSSR count). The molecule has 108 valence electrons. The fraction of sp³-hybridized carbons (Fsp3) is 0.588. The lowest BCUT2D eigenvalue weighted by molar-refractivity contribution is 0.0190. The minimum absolute atomic E-state index is 0.640. The normalized spacial score (nSPS) is 28.1. The third kappa shape index (κ3) is 3.00. The van der Waals surface area contributed by atoms with Crippen molar-refractivity contribution in [3.8, 4) is 6.07 Å². The maximum absolute atomic E-state index is 10.6. The van der Waals surface area contributed by atoms with Gasteiger partial charge in [-0.05, 0) is 55.2 Å². The van der Waals surface area contributed by atoms with Crippen LogP contribution in [0.3, 0.4) is 0 Å². The number of hydrogen-bond donors (Lipinski definition) is 1. The van der Waals surface area contributed by atoms with E-state index in [4.69, 9.17) is 11.6 Å². The SMILES string of the molecule is CC(C)C1CCC(C#N)(C(O)c2ccc(Cl)cc2)CC1. The predicted octanol–water partition coefficient (Wildman–Crippen LogP) is 4.73. The molecule has 1 saturated carbocycles. The van der Waals surface area contributed by atoms with Crippen LogP contribution in [0.1, 0.15) is 51.2 Å². The summed E-state index contributed by atoms with van der Waals surface area (Å²) in [4.78, 5) is 0. The molecule has 20 heavy (non-hydrogen) atoms. The summed E-state index contributed by atoms with van der Waals surface area (Å²) in [5, 5.41) is 20.9. The Bertz CT molecular complexity index is 481. The van der Waals surface area contributed by atoms with Gasteiger partial charge in [0.2, 0.25) is 0 Å². The van der Waals surface area contributed by atoms with E-state index in [1.807, 2.05) is 12.1 Å². The molecule has 1 aliphatic rings. The molecule has 1 aromatic rings. The van der Waals surface area contributed by atoms with Crippen molar-refractivity contribution >= 4 is 11.6 Å². The zero-order valence-electron chi connectivity index (χ0n) is 12.1. The average molecular weight is 292 g/mol. The van der Waals surface area contributed by atoms with Gasteiger partial charge < -0.3 is 5.11 Å². The molecule has 0 bridgehead atoms. The first-order chi connectivity index (χ1) is 9.48. The highest BCUT2D eigenvalue weighted by Gasteiger charge is 2.42. The van der Waals surface area contributed by atoms with Crippen LogP contribution in [0.2, 0.25) is 5.02 Å². The highest BCUT2D eigenvalue weighted by Crippen LogP contribution is 2.48. The molecule has 3 heteroatoms. The van der Waals surface area contributed by atoms with Gasteiger partial charge in [-0.1, -0.05) is 37.6 Å². The molecule has 1 aromatic carbocycles. The molecule has 0 aromatic heterocycles. The highest BCUT2D eigenvalue weighted by atomic mass is 35.5. The molecule has 1 atom stereocenters. The fourth-order valence-corrected chi connectivity index (χ4v) is 3.36. The van der Waals surface area contributed by atoms with Crippen LogP contribution >= 0.6 is 11.6 Å². The maximum Gasteiger partial charge on any atom is 0.0976 e. The van der Waals surface area contributed by atoms with E-state index >= 15 is 0 Å². The number of nitriles is 1. The first-order valence-electron chi connectivity index (χ1n) is 7.33. The van der Waals surface area contributed by atoms with Crippen molar-refractivity contribution < 1.29 is 5.11 Å². The summed E-state index contributed by atoms with van der Waals surface area (Å²) in [7, 11) is 0. The second-order valence-electron chi connectivity index (χ2n) is 6.30. The Labute approximate surface area is 126 Å². The summed E-state index contributed by atoms with van der Waals surface area (Å²) in [6.45, 7) is 4.47. The molecule has 1 aliphatic carbocycles. The molecule has 0 saturated heterocycles. The van der Waals surface area contributed by atoms with E-state index in [0.29, 0.717) is 16.9 Å². The molecular formula is C17H22ClNO. The van der Waals surface area contributed by atoms with E-state index in [9.17, 15) is 10.4 Å². The monoisotopic (exact) mass is 291 g/mol. The molecule has 1 fully saturated rings. The topological polar surface area (TPSA) is 44.0 Å². The molecule has 0 radical (unpaired) electrons. The minimum atomic E-state index is -0.724. The van der Waals surface area contributed by atoms with Crippen LogP contribution in [-0.2, 0) is 0 Å². The number of aliphatic hydroxyl groups excluding tert-OH is 1. The number of aliphatic hydroxyl groups is 1. The van der Waals surface area contributed by atoms with Gasteiger partial charge in [0.1, 0.15) is 0 Å². The van der Waals surface area contributed by atoms with Crippen molar-refractivity contribution in [2.45, 2.75) is 45.6 Å². The minimum Gasteiger partial charge on any atom is -0.387 e. The van der Waals surface area contributed by atoms with Crippen molar-refractivity contribution in [1.29, 1.82) is 5.26 Å². The first-order valence-corrected chi connectivity index (χ1v) is 7.71. The molecule has 2 nitrogen and oxygen atoms in total. The summed E-state index contributed by atoms with van der Waals surface area (Å²) < 4.78 is 0. The predicted molar refractivity (Wildman–Crippen MR) is 81.3 cm³/mol. The van der Waals surface area contributed by atoms with Crippen LogP contribution in [0.25, 0.3) is 0 Å². The quantitative estimate of drug-likeness (QED) is 0.875. The van der Waals surface area contributed by atoms with Gasteiger partial charge in [-0.2, -0.15) is 5.26 Å². The fourth-order valence-electron chi connectivity index (χ4n) is 3.23. The zero-order chi connectivity index (χ0) is 14.8. The third-order valence-corrected chi connectivity index (χ3v) is 5.05. The van der Waals surface area contributed by atoms with E-state index in [-0.39, 0.29) is 0 Å². The Hall–Kier alpha value is -1.04. The van der Waals surface area contributed by atoms with Crippen LogP contribution in [0, 0.1) is 28.6 Å². The van der Waals surface area contributed by atoms with Crippen LogP contribution in [-0.4, -0.2) is 5.11 Å². The lowest BCUT2D eigenvalue weighted by atomic mass is 9.65. The van der Waals surface area contributed by atoms with E-state index < -0.39 is 11.5 Å². The molecule has 0 spiro atoms. The Morgan fingerprint density at radius 1 is 1.25 bits per heavy atom. The van der Waals surface area contributed by atoms with Gasteiger partial charge in [-0.25, -0.2) is 0 Å². The van der Waals surface area contributed by atoms with Crippen LogP contribution < -0.4 is 0 Å². The summed E-state index contributed by atoms with van der Waals surface area (Å²) >= 11 is 5.88. The standard InChI is InChI=1S/C17H22ClNO/c1-12(2)13-7-9-17(11-19,10-8-13)16(20)14-3-5-15(18)6-4-14/h3-6,12-13,16,20H,7-10H2,1-2H3. The molecule has 0 amide bonds. The third-order valence-electron chi connectivity index (χ3n) is 4.80. The van der Waals surface area contributed by atoms with Gasteiger partial charge in [0.25, 0.3) is 0 Å². The number of rotatable bonds is 3. The van der Waals surface area contributed by atoms with Crippen LogP contribution in [0.4, 0.5) is 0 Å². The Balaban J connectivity index is 2.16. The zero-order valence-corrected chi connectivity index (χ0v) is 12.9. The Morgan fingerprint density at radius 3 is 2.25 bits per heavy atom. The Morgan fingerprint density at radius 2 is 1.80 bits per heavy atom. The van der Waals surface area contributed by atoms with Crippen molar-refractivity contribution in [3.05, 3.63) is 34.9 Å². The van der Waals surface area contributed by atoms with E-state index in [1.54, 1.807) is 12.1 Å². The van der Waals surface area contributed by atoms with Crippen LogP contribution in [0.15, 0.2) is 24.3 Å². The van der Waals surface area contributed by atoms with Crippen molar-refractivity contribution in [2.75, 3.05) is 0 Å².